The molecule has 0 amide bonds. The Labute approximate surface area is 41.3 Å². The van der Waals surface area contributed by atoms with E-state index >= 15 is 0 Å². The van der Waals surface area contributed by atoms with Gasteiger partial charge in [-0.1, -0.05) is 0 Å². The van der Waals surface area contributed by atoms with Gasteiger partial charge in [0.25, 0.3) is 5.97 Å². The summed E-state index contributed by atoms with van der Waals surface area (Å²) in [6.07, 6.45) is 0. The van der Waals surface area contributed by atoms with E-state index in [0.29, 0.717) is 0 Å². The van der Waals surface area contributed by atoms with E-state index in [9.17, 15) is 0 Å². The first-order valence-corrected chi connectivity index (χ1v) is 1.49. The van der Waals surface area contributed by atoms with Gasteiger partial charge in [0.05, 0.1) is 0 Å². The summed E-state index contributed by atoms with van der Waals surface area (Å²) in [5.41, 5.74) is 0. The van der Waals surface area contributed by atoms with Gasteiger partial charge in [-0.05, 0) is 6.58 Å². The first-order chi connectivity index (χ1) is 3.15. The van der Waals surface area contributed by atoms with Crippen LogP contribution in [0.15, 0.2) is 6.58 Å². The lowest BCUT2D eigenvalue weighted by atomic mass is 10.9. The predicted molar refractivity (Wildman–Crippen MR) is 24.6 cm³/mol. The maximum Gasteiger partial charge on any atom is 0.300 e. The number of carboxylic acid groups (broad SMARTS) is 1. The van der Waals surface area contributed by atoms with Crippen LogP contribution < -0.4 is 0 Å². The van der Waals surface area contributed by atoms with Crippen molar-refractivity contribution in [2.75, 3.05) is 0 Å². The topological polar surface area (TPSA) is 54.4 Å². The quantitative estimate of drug-likeness (QED) is 0.441. The van der Waals surface area contributed by atoms with Crippen molar-refractivity contribution >= 4 is 11.9 Å². The first kappa shape index (κ1) is 9.33. The van der Waals surface area contributed by atoms with Crippen LogP contribution in [0.5, 0.6) is 0 Å². The lowest BCUT2D eigenvalue weighted by Gasteiger charge is -1.59. The Morgan fingerprint density at radius 1 is 1.86 bits per heavy atom. The van der Waals surface area contributed by atoms with Gasteiger partial charge in [-0.25, -0.2) is 4.79 Å². The average Bonchev–Trinajstić information content (AvgIpc) is 1.33. The van der Waals surface area contributed by atoms with E-state index in [2.05, 4.69) is 6.58 Å². The molecule has 1 N–H and O–H groups in total. The second kappa shape index (κ2) is 8.87. The second-order valence-corrected chi connectivity index (χ2v) is 0.663. The Kier molecular flexibility index (Phi) is 11.8. The third kappa shape index (κ3) is 36.0. The molecule has 0 bridgehead atoms. The van der Waals surface area contributed by atoms with Crippen LogP contribution in [0.3, 0.4) is 0 Å². The molecule has 3 nitrogen and oxygen atoms in total. The van der Waals surface area contributed by atoms with E-state index in [-0.39, 0.29) is 0 Å². The van der Waals surface area contributed by atoms with E-state index in [0.717, 1.165) is 6.92 Å². The van der Waals surface area contributed by atoms with Gasteiger partial charge in [0.2, 0.25) is 0 Å². The SMILES string of the molecule is C=C=O.CC(=O)O. The highest BCUT2D eigenvalue weighted by Crippen LogP contribution is 1.42. The fraction of sp³-hybridized carbons (Fsp3) is 0.250. The lowest BCUT2D eigenvalue weighted by molar-refractivity contribution is -0.134. The Bertz CT molecular complexity index is 74.9. The molecule has 0 saturated carbocycles. The zero-order valence-electron chi connectivity index (χ0n) is 3.97. The number of carbonyl (C=O) groups excluding carboxylic acids is 1. The van der Waals surface area contributed by atoms with Crippen molar-refractivity contribution in [1.82, 2.24) is 0 Å². The molecule has 0 spiro atoms. The van der Waals surface area contributed by atoms with Crippen molar-refractivity contribution in [1.29, 1.82) is 0 Å². The summed E-state index contributed by atoms with van der Waals surface area (Å²) >= 11 is 0. The van der Waals surface area contributed by atoms with Crippen LogP contribution in [-0.2, 0) is 9.59 Å². The van der Waals surface area contributed by atoms with Crippen LogP contribution in [0.2, 0.25) is 0 Å². The van der Waals surface area contributed by atoms with E-state index in [1.807, 2.05) is 0 Å². The second-order valence-electron chi connectivity index (χ2n) is 0.663. The molecule has 3 heteroatoms. The molecule has 0 atom stereocenters. The summed E-state index contributed by atoms with van der Waals surface area (Å²) in [6.45, 7) is 3.76. The fourth-order valence-electron chi connectivity index (χ4n) is 0. The zero-order chi connectivity index (χ0) is 6.28. The molecular weight excluding hydrogens is 96.0 g/mol. The molecule has 0 aromatic heterocycles. The van der Waals surface area contributed by atoms with Gasteiger partial charge in [0, 0.05) is 6.92 Å². The van der Waals surface area contributed by atoms with Crippen molar-refractivity contribution in [3.63, 3.8) is 0 Å². The minimum Gasteiger partial charge on any atom is -0.481 e. The Balaban J connectivity index is 0. The lowest BCUT2D eigenvalue weighted by Crippen LogP contribution is -1.78. The van der Waals surface area contributed by atoms with E-state index in [1.54, 1.807) is 0 Å². The summed E-state index contributed by atoms with van der Waals surface area (Å²) in [4.78, 5) is 17.6. The van der Waals surface area contributed by atoms with Crippen LogP contribution in [0.1, 0.15) is 6.92 Å². The smallest absolute Gasteiger partial charge is 0.300 e. The summed E-state index contributed by atoms with van der Waals surface area (Å²) in [5.74, 6) is 0.417. The Hall–Kier alpha value is -1.08. The van der Waals surface area contributed by atoms with Gasteiger partial charge >= 0.3 is 0 Å². The molecule has 0 fully saturated rings. The number of carboxylic acids is 1. The molecule has 7 heavy (non-hydrogen) atoms. The zero-order valence-corrected chi connectivity index (χ0v) is 3.97. The molecular formula is C4H6O3. The van der Waals surface area contributed by atoms with Crippen molar-refractivity contribution in [2.45, 2.75) is 6.92 Å². The first-order valence-electron chi connectivity index (χ1n) is 1.49. The minimum atomic E-state index is -0.833. The minimum absolute atomic E-state index is 0.833. The molecule has 0 aliphatic rings. The van der Waals surface area contributed by atoms with E-state index in [1.165, 1.54) is 5.94 Å². The normalized spacial score (nSPS) is 4.71. The summed E-state index contributed by atoms with van der Waals surface area (Å²) in [5, 5.41) is 7.42. The van der Waals surface area contributed by atoms with Crippen LogP contribution in [-0.4, -0.2) is 17.0 Å². The Morgan fingerprint density at radius 2 is 1.86 bits per heavy atom. The maximum atomic E-state index is 9.00. The van der Waals surface area contributed by atoms with Crippen molar-refractivity contribution in [3.8, 4) is 0 Å². The molecule has 0 aliphatic heterocycles. The largest absolute Gasteiger partial charge is 0.481 e. The van der Waals surface area contributed by atoms with Gasteiger partial charge in [0.15, 0.2) is 0 Å². The number of rotatable bonds is 0. The molecule has 0 aromatic carbocycles. The van der Waals surface area contributed by atoms with Gasteiger partial charge in [-0.15, -0.1) is 0 Å². The number of hydrogen-bond acceptors (Lipinski definition) is 2. The van der Waals surface area contributed by atoms with Gasteiger partial charge in [-0.2, -0.15) is 0 Å². The number of hydrogen-bond donors (Lipinski definition) is 1. The van der Waals surface area contributed by atoms with Crippen LogP contribution in [0.25, 0.3) is 0 Å². The van der Waals surface area contributed by atoms with E-state index in [4.69, 9.17) is 14.7 Å². The summed E-state index contributed by atoms with van der Waals surface area (Å²) < 4.78 is 0. The highest BCUT2D eigenvalue weighted by molar-refractivity contribution is 5.62. The summed E-state index contributed by atoms with van der Waals surface area (Å²) in [7, 11) is 0. The van der Waals surface area contributed by atoms with Crippen LogP contribution in [0, 0.1) is 0 Å². The molecule has 0 rings (SSSR count). The van der Waals surface area contributed by atoms with Crippen LogP contribution >= 0.6 is 0 Å². The third-order valence-corrected chi connectivity index (χ3v) is 0. The van der Waals surface area contributed by atoms with Crippen molar-refractivity contribution in [3.05, 3.63) is 6.58 Å². The average molecular weight is 102 g/mol. The Morgan fingerprint density at radius 3 is 1.86 bits per heavy atom. The molecule has 0 saturated heterocycles. The molecule has 0 heterocycles. The van der Waals surface area contributed by atoms with Gasteiger partial charge in [-0.3, -0.25) is 4.79 Å². The third-order valence-electron chi connectivity index (χ3n) is 0. The maximum absolute atomic E-state index is 9.00. The molecule has 0 aromatic rings. The molecule has 0 aliphatic carbocycles. The molecule has 40 valence electrons. The standard InChI is InChI=1S/C2H4O2.C2H2O/c1-2(3)4;1-2-3/h1H3,(H,3,4);1H2. The monoisotopic (exact) mass is 102 g/mol. The highest BCUT2D eigenvalue weighted by atomic mass is 16.4. The van der Waals surface area contributed by atoms with Gasteiger partial charge in [0.1, 0.15) is 5.94 Å². The highest BCUT2D eigenvalue weighted by Gasteiger charge is 1.65. The fourth-order valence-corrected chi connectivity index (χ4v) is 0. The van der Waals surface area contributed by atoms with E-state index < -0.39 is 5.97 Å². The predicted octanol–water partition coefficient (Wildman–Crippen LogP) is 0.0949. The van der Waals surface area contributed by atoms with Gasteiger partial charge < -0.3 is 5.11 Å². The molecule has 0 unspecified atom stereocenters. The van der Waals surface area contributed by atoms with Crippen molar-refractivity contribution in [2.24, 2.45) is 0 Å². The molecule has 0 radical (unpaired) electrons. The summed E-state index contributed by atoms with van der Waals surface area (Å²) in [6, 6.07) is 0. The van der Waals surface area contributed by atoms with Crippen molar-refractivity contribution < 1.29 is 14.7 Å². The number of aliphatic carboxylic acids is 1. The van der Waals surface area contributed by atoms with Crippen LogP contribution in [0.4, 0.5) is 0 Å². The number of carbonyl (C=O) groups is 1.